The molecule has 0 aromatic heterocycles. The minimum absolute atomic E-state index is 0.0549. The fourth-order valence-electron chi connectivity index (χ4n) is 2.58. The van der Waals surface area contributed by atoms with Crippen LogP contribution in [-0.2, 0) is 4.74 Å². The molecule has 0 amide bonds. The smallest absolute Gasteiger partial charge is 0.127 e. The van der Waals surface area contributed by atoms with Gasteiger partial charge in [-0.2, -0.15) is 0 Å². The average molecular weight is 251 g/mol. The minimum atomic E-state index is -0.126. The molecule has 0 spiro atoms. The summed E-state index contributed by atoms with van der Waals surface area (Å²) in [4.78, 5) is 0. The summed E-state index contributed by atoms with van der Waals surface area (Å²) < 4.78 is 19.6. The van der Waals surface area contributed by atoms with Gasteiger partial charge in [-0.05, 0) is 38.3 Å². The second-order valence-electron chi connectivity index (χ2n) is 4.86. The van der Waals surface area contributed by atoms with Crippen LogP contribution in [0, 0.1) is 5.82 Å². The van der Waals surface area contributed by atoms with Gasteiger partial charge < -0.3 is 10.1 Å². The van der Waals surface area contributed by atoms with Gasteiger partial charge in [0.1, 0.15) is 5.82 Å². The molecule has 1 aromatic rings. The van der Waals surface area contributed by atoms with Crippen LogP contribution < -0.4 is 5.32 Å². The lowest BCUT2D eigenvalue weighted by Gasteiger charge is -2.27. The van der Waals surface area contributed by atoms with Gasteiger partial charge >= 0.3 is 0 Å². The number of benzene rings is 1. The third-order valence-corrected chi connectivity index (χ3v) is 3.50. The first-order valence-electron chi connectivity index (χ1n) is 6.90. The van der Waals surface area contributed by atoms with E-state index in [1.165, 1.54) is 12.5 Å². The van der Waals surface area contributed by atoms with Gasteiger partial charge in [-0.25, -0.2) is 4.39 Å². The molecule has 0 radical (unpaired) electrons. The van der Waals surface area contributed by atoms with Gasteiger partial charge in [0.25, 0.3) is 0 Å². The third kappa shape index (κ3) is 3.53. The summed E-state index contributed by atoms with van der Waals surface area (Å²) in [7, 11) is 0. The molecule has 1 saturated heterocycles. The molecule has 1 N–H and O–H groups in total. The van der Waals surface area contributed by atoms with Gasteiger partial charge in [0, 0.05) is 18.2 Å². The summed E-state index contributed by atoms with van der Waals surface area (Å²) >= 11 is 0. The number of hydrogen-bond donors (Lipinski definition) is 1. The maximum Gasteiger partial charge on any atom is 0.127 e. The Morgan fingerprint density at radius 2 is 2.22 bits per heavy atom. The average Bonchev–Trinajstić information content (AvgIpc) is 2.40. The molecule has 1 aliphatic rings. The molecule has 0 saturated carbocycles. The predicted octanol–water partition coefficient (Wildman–Crippen LogP) is 3.44. The monoisotopic (exact) mass is 251 g/mol. The predicted molar refractivity (Wildman–Crippen MR) is 71.0 cm³/mol. The summed E-state index contributed by atoms with van der Waals surface area (Å²) in [5.74, 6) is -0.126. The highest BCUT2D eigenvalue weighted by molar-refractivity contribution is 5.21. The summed E-state index contributed by atoms with van der Waals surface area (Å²) in [6.07, 6.45) is 4.59. The van der Waals surface area contributed by atoms with E-state index in [1.807, 2.05) is 12.1 Å². The zero-order valence-corrected chi connectivity index (χ0v) is 11.0. The molecule has 1 heterocycles. The zero-order valence-electron chi connectivity index (χ0n) is 11.0. The van der Waals surface area contributed by atoms with E-state index in [2.05, 4.69) is 12.2 Å². The van der Waals surface area contributed by atoms with Gasteiger partial charge in [-0.1, -0.05) is 25.1 Å². The van der Waals surface area contributed by atoms with Crippen molar-refractivity contribution in [3.05, 3.63) is 35.6 Å². The van der Waals surface area contributed by atoms with Crippen molar-refractivity contribution in [2.45, 2.75) is 44.8 Å². The Labute approximate surface area is 109 Å². The highest BCUT2D eigenvalue weighted by Crippen LogP contribution is 2.26. The molecule has 3 heteroatoms. The first-order valence-corrected chi connectivity index (χ1v) is 6.90. The quantitative estimate of drug-likeness (QED) is 0.865. The molecule has 2 atom stereocenters. The van der Waals surface area contributed by atoms with Gasteiger partial charge in [0.05, 0.1) is 6.10 Å². The van der Waals surface area contributed by atoms with Crippen molar-refractivity contribution in [2.75, 3.05) is 13.2 Å². The largest absolute Gasteiger partial charge is 0.378 e. The van der Waals surface area contributed by atoms with Crippen LogP contribution in [0.4, 0.5) is 4.39 Å². The van der Waals surface area contributed by atoms with E-state index in [0.717, 1.165) is 38.0 Å². The molecule has 1 fully saturated rings. The summed E-state index contributed by atoms with van der Waals surface area (Å²) in [5, 5.41) is 3.37. The van der Waals surface area contributed by atoms with Gasteiger partial charge in [-0.15, -0.1) is 0 Å². The topological polar surface area (TPSA) is 21.3 Å². The lowest BCUT2D eigenvalue weighted by Crippen LogP contribution is -2.29. The SMILES string of the molecule is CCNC(CC1CCCCO1)c1ccccc1F. The maximum absolute atomic E-state index is 13.8. The first-order chi connectivity index (χ1) is 8.81. The van der Waals surface area contributed by atoms with Crippen LogP contribution in [0.5, 0.6) is 0 Å². The van der Waals surface area contributed by atoms with Crippen LogP contribution in [0.3, 0.4) is 0 Å². The molecule has 1 aliphatic heterocycles. The minimum Gasteiger partial charge on any atom is -0.378 e. The van der Waals surface area contributed by atoms with Crippen molar-refractivity contribution < 1.29 is 9.13 Å². The molecular weight excluding hydrogens is 229 g/mol. The third-order valence-electron chi connectivity index (χ3n) is 3.50. The van der Waals surface area contributed by atoms with E-state index >= 15 is 0 Å². The molecule has 0 bridgehead atoms. The Kier molecular flexibility index (Phi) is 5.14. The van der Waals surface area contributed by atoms with Crippen molar-refractivity contribution in [3.8, 4) is 0 Å². The number of ether oxygens (including phenoxy) is 1. The standard InChI is InChI=1S/C15H22FNO/c1-2-17-15(11-12-7-5-6-10-18-12)13-8-3-4-9-14(13)16/h3-4,8-9,12,15,17H,2,5-7,10-11H2,1H3. The Morgan fingerprint density at radius 3 is 2.89 bits per heavy atom. The van der Waals surface area contributed by atoms with Crippen LogP contribution >= 0.6 is 0 Å². The Morgan fingerprint density at radius 1 is 1.39 bits per heavy atom. The molecule has 18 heavy (non-hydrogen) atoms. The fourth-order valence-corrected chi connectivity index (χ4v) is 2.58. The summed E-state index contributed by atoms with van der Waals surface area (Å²) in [6.45, 7) is 3.74. The highest BCUT2D eigenvalue weighted by atomic mass is 19.1. The van der Waals surface area contributed by atoms with E-state index in [-0.39, 0.29) is 18.0 Å². The van der Waals surface area contributed by atoms with Crippen molar-refractivity contribution in [2.24, 2.45) is 0 Å². The van der Waals surface area contributed by atoms with E-state index in [0.29, 0.717) is 0 Å². The zero-order chi connectivity index (χ0) is 12.8. The van der Waals surface area contributed by atoms with E-state index in [4.69, 9.17) is 4.74 Å². The van der Waals surface area contributed by atoms with Gasteiger partial charge in [-0.3, -0.25) is 0 Å². The highest BCUT2D eigenvalue weighted by Gasteiger charge is 2.21. The molecule has 2 unspecified atom stereocenters. The molecular formula is C15H22FNO. The lowest BCUT2D eigenvalue weighted by molar-refractivity contribution is 0.00495. The van der Waals surface area contributed by atoms with Gasteiger partial charge in [0.2, 0.25) is 0 Å². The Bertz CT molecular complexity index is 363. The molecule has 0 aliphatic carbocycles. The normalized spacial score (nSPS) is 21.8. The van der Waals surface area contributed by atoms with Crippen LogP contribution in [0.15, 0.2) is 24.3 Å². The Hall–Kier alpha value is -0.930. The van der Waals surface area contributed by atoms with E-state index in [1.54, 1.807) is 6.07 Å². The van der Waals surface area contributed by atoms with Crippen molar-refractivity contribution >= 4 is 0 Å². The molecule has 1 aromatic carbocycles. The summed E-state index contributed by atoms with van der Waals surface area (Å²) in [5.41, 5.74) is 0.758. The number of halogens is 1. The molecule has 100 valence electrons. The van der Waals surface area contributed by atoms with Crippen LogP contribution in [0.1, 0.15) is 44.2 Å². The number of hydrogen-bond acceptors (Lipinski definition) is 2. The molecule has 2 nitrogen and oxygen atoms in total. The van der Waals surface area contributed by atoms with Crippen LogP contribution in [-0.4, -0.2) is 19.3 Å². The number of rotatable bonds is 5. The lowest BCUT2D eigenvalue weighted by atomic mass is 9.96. The second-order valence-corrected chi connectivity index (χ2v) is 4.86. The van der Waals surface area contributed by atoms with Crippen molar-refractivity contribution in [1.82, 2.24) is 5.32 Å². The number of nitrogens with one attached hydrogen (secondary N) is 1. The fraction of sp³-hybridized carbons (Fsp3) is 0.600. The van der Waals surface area contributed by atoms with Crippen LogP contribution in [0.2, 0.25) is 0 Å². The van der Waals surface area contributed by atoms with Crippen molar-refractivity contribution in [3.63, 3.8) is 0 Å². The Balaban J connectivity index is 2.05. The maximum atomic E-state index is 13.8. The van der Waals surface area contributed by atoms with Crippen molar-refractivity contribution in [1.29, 1.82) is 0 Å². The van der Waals surface area contributed by atoms with Crippen LogP contribution in [0.25, 0.3) is 0 Å². The van der Waals surface area contributed by atoms with E-state index < -0.39 is 0 Å². The summed E-state index contributed by atoms with van der Waals surface area (Å²) in [6, 6.07) is 7.08. The first kappa shape index (κ1) is 13.5. The second kappa shape index (κ2) is 6.86. The van der Waals surface area contributed by atoms with Gasteiger partial charge in [0.15, 0.2) is 0 Å². The molecule has 2 rings (SSSR count). The van der Waals surface area contributed by atoms with E-state index in [9.17, 15) is 4.39 Å².